The molecule has 0 heterocycles. The molecule has 0 radical (unpaired) electrons. The molecule has 94 valence electrons. The van der Waals surface area contributed by atoms with Crippen LogP contribution in [0.4, 0.5) is 11.4 Å². The Balaban J connectivity index is 2.53. The number of nitrogen functional groups attached to an aromatic ring is 1. The summed E-state index contributed by atoms with van der Waals surface area (Å²) in [4.78, 5) is 13.6. The summed E-state index contributed by atoms with van der Waals surface area (Å²) in [6, 6.07) is 5.05. The minimum atomic E-state index is -0.0531. The molecule has 0 atom stereocenters. The van der Waals surface area contributed by atoms with Crippen molar-refractivity contribution in [2.75, 3.05) is 31.2 Å². The van der Waals surface area contributed by atoms with Crippen molar-refractivity contribution >= 4 is 28.9 Å². The third-order valence-electron chi connectivity index (χ3n) is 2.30. The molecule has 0 aliphatic heterocycles. The van der Waals surface area contributed by atoms with E-state index in [-0.39, 0.29) is 5.91 Å². The first-order valence-electron chi connectivity index (χ1n) is 5.56. The number of nitrogens with one attached hydrogen (secondary N) is 1. The Hall–Kier alpha value is -1.26. The van der Waals surface area contributed by atoms with Gasteiger partial charge in [-0.1, -0.05) is 18.5 Å². The number of hydrogen-bond acceptors (Lipinski definition) is 3. The van der Waals surface area contributed by atoms with Crippen LogP contribution < -0.4 is 11.1 Å². The van der Waals surface area contributed by atoms with E-state index in [0.29, 0.717) is 22.9 Å². The standard InChI is InChI=1S/C12H18ClN3O/c1-3-6-16(2)8-12(17)15-9-4-5-10(13)11(14)7-9/h4-5,7H,3,6,8,14H2,1-2H3,(H,15,17). The predicted octanol–water partition coefficient (Wildman–Crippen LogP) is 2.20. The number of halogens is 1. The lowest BCUT2D eigenvalue weighted by Crippen LogP contribution is -2.30. The summed E-state index contributed by atoms with van der Waals surface area (Å²) >= 11 is 5.80. The van der Waals surface area contributed by atoms with Crippen LogP contribution in [0.5, 0.6) is 0 Å². The number of nitrogens with zero attached hydrogens (tertiary/aromatic N) is 1. The van der Waals surface area contributed by atoms with Crippen molar-refractivity contribution in [3.05, 3.63) is 23.2 Å². The zero-order chi connectivity index (χ0) is 12.8. The molecule has 1 amide bonds. The Morgan fingerprint density at radius 3 is 2.82 bits per heavy atom. The smallest absolute Gasteiger partial charge is 0.238 e. The van der Waals surface area contributed by atoms with Crippen LogP contribution in [0.25, 0.3) is 0 Å². The highest BCUT2D eigenvalue weighted by Gasteiger charge is 2.06. The molecule has 0 aliphatic carbocycles. The topological polar surface area (TPSA) is 58.4 Å². The van der Waals surface area contributed by atoms with E-state index in [2.05, 4.69) is 12.2 Å². The molecule has 1 aromatic carbocycles. The minimum Gasteiger partial charge on any atom is -0.397 e. The van der Waals surface area contributed by atoms with Gasteiger partial charge in [-0.05, 0) is 38.2 Å². The predicted molar refractivity (Wildman–Crippen MR) is 72.3 cm³/mol. The highest BCUT2D eigenvalue weighted by Crippen LogP contribution is 2.22. The lowest BCUT2D eigenvalue weighted by atomic mass is 10.3. The van der Waals surface area contributed by atoms with Crippen LogP contribution in [0.15, 0.2) is 18.2 Å². The number of amides is 1. The third kappa shape index (κ3) is 4.63. The van der Waals surface area contributed by atoms with Gasteiger partial charge < -0.3 is 11.1 Å². The summed E-state index contributed by atoms with van der Waals surface area (Å²) in [5.41, 5.74) is 6.78. The molecule has 1 aromatic rings. The van der Waals surface area contributed by atoms with Crippen molar-refractivity contribution in [2.45, 2.75) is 13.3 Å². The van der Waals surface area contributed by atoms with Gasteiger partial charge in [0.05, 0.1) is 17.3 Å². The van der Waals surface area contributed by atoms with Crippen LogP contribution in [-0.4, -0.2) is 30.9 Å². The zero-order valence-electron chi connectivity index (χ0n) is 10.2. The first-order chi connectivity index (χ1) is 8.02. The van der Waals surface area contributed by atoms with Crippen LogP contribution in [0.1, 0.15) is 13.3 Å². The monoisotopic (exact) mass is 255 g/mol. The van der Waals surface area contributed by atoms with Gasteiger partial charge in [-0.15, -0.1) is 0 Å². The second-order valence-corrected chi connectivity index (χ2v) is 4.43. The van der Waals surface area contributed by atoms with Gasteiger partial charge in [-0.25, -0.2) is 0 Å². The maximum Gasteiger partial charge on any atom is 0.238 e. The first kappa shape index (κ1) is 13.8. The van der Waals surface area contributed by atoms with Crippen molar-refractivity contribution < 1.29 is 4.79 Å². The summed E-state index contributed by atoms with van der Waals surface area (Å²) in [6.07, 6.45) is 1.03. The zero-order valence-corrected chi connectivity index (χ0v) is 10.9. The number of anilines is 2. The molecule has 0 unspecified atom stereocenters. The van der Waals surface area contributed by atoms with Gasteiger partial charge >= 0.3 is 0 Å². The molecule has 5 heteroatoms. The fourth-order valence-corrected chi connectivity index (χ4v) is 1.65. The third-order valence-corrected chi connectivity index (χ3v) is 2.64. The summed E-state index contributed by atoms with van der Waals surface area (Å²) in [7, 11) is 1.92. The van der Waals surface area contributed by atoms with Gasteiger partial charge in [-0.2, -0.15) is 0 Å². The number of hydrogen-bond donors (Lipinski definition) is 2. The summed E-state index contributed by atoms with van der Waals surface area (Å²) in [6.45, 7) is 3.35. The highest BCUT2D eigenvalue weighted by atomic mass is 35.5. The number of benzene rings is 1. The molecule has 3 N–H and O–H groups in total. The number of likely N-dealkylation sites (N-methyl/N-ethyl adjacent to an activating group) is 1. The largest absolute Gasteiger partial charge is 0.397 e. The Morgan fingerprint density at radius 2 is 2.24 bits per heavy atom. The quantitative estimate of drug-likeness (QED) is 0.793. The highest BCUT2D eigenvalue weighted by molar-refractivity contribution is 6.33. The van der Waals surface area contributed by atoms with E-state index < -0.39 is 0 Å². The molecule has 0 aliphatic rings. The van der Waals surface area contributed by atoms with E-state index in [1.54, 1.807) is 18.2 Å². The summed E-state index contributed by atoms with van der Waals surface area (Å²) < 4.78 is 0. The van der Waals surface area contributed by atoms with E-state index >= 15 is 0 Å². The van der Waals surface area contributed by atoms with Gasteiger partial charge in [0, 0.05) is 5.69 Å². The van der Waals surface area contributed by atoms with E-state index in [0.717, 1.165) is 13.0 Å². The van der Waals surface area contributed by atoms with Gasteiger partial charge in [0.1, 0.15) is 0 Å². The Labute approximate surface area is 107 Å². The first-order valence-corrected chi connectivity index (χ1v) is 5.94. The average molecular weight is 256 g/mol. The van der Waals surface area contributed by atoms with E-state index in [9.17, 15) is 4.79 Å². The number of carbonyl (C=O) groups is 1. The second kappa shape index (κ2) is 6.47. The van der Waals surface area contributed by atoms with E-state index in [1.165, 1.54) is 0 Å². The fourth-order valence-electron chi connectivity index (χ4n) is 1.53. The van der Waals surface area contributed by atoms with E-state index in [4.69, 9.17) is 17.3 Å². The molecule has 0 saturated heterocycles. The maximum absolute atomic E-state index is 11.7. The molecule has 0 bridgehead atoms. The summed E-state index contributed by atoms with van der Waals surface area (Å²) in [5.74, 6) is -0.0531. The molecule has 0 aromatic heterocycles. The van der Waals surface area contributed by atoms with Crippen molar-refractivity contribution in [1.82, 2.24) is 4.90 Å². The van der Waals surface area contributed by atoms with Gasteiger partial charge in [0.2, 0.25) is 5.91 Å². The van der Waals surface area contributed by atoms with Crippen molar-refractivity contribution in [3.63, 3.8) is 0 Å². The van der Waals surface area contributed by atoms with Crippen molar-refractivity contribution in [1.29, 1.82) is 0 Å². The maximum atomic E-state index is 11.7. The molecule has 1 rings (SSSR count). The van der Waals surface area contributed by atoms with Crippen molar-refractivity contribution in [3.8, 4) is 0 Å². The van der Waals surface area contributed by atoms with Crippen LogP contribution in [0.3, 0.4) is 0 Å². The lowest BCUT2D eigenvalue weighted by molar-refractivity contribution is -0.117. The number of carbonyl (C=O) groups excluding carboxylic acids is 1. The Bertz CT molecular complexity index is 395. The number of rotatable bonds is 5. The van der Waals surface area contributed by atoms with Crippen LogP contribution in [0.2, 0.25) is 5.02 Å². The molecular weight excluding hydrogens is 238 g/mol. The molecule has 4 nitrogen and oxygen atoms in total. The molecular formula is C12H18ClN3O. The average Bonchev–Trinajstić information content (AvgIpc) is 2.23. The molecule has 0 fully saturated rings. The summed E-state index contributed by atoms with van der Waals surface area (Å²) in [5, 5.41) is 3.27. The van der Waals surface area contributed by atoms with Crippen molar-refractivity contribution in [2.24, 2.45) is 0 Å². The Morgan fingerprint density at radius 1 is 1.53 bits per heavy atom. The molecule has 0 spiro atoms. The minimum absolute atomic E-state index is 0.0531. The Kier molecular flexibility index (Phi) is 5.25. The SMILES string of the molecule is CCCN(C)CC(=O)Nc1ccc(Cl)c(N)c1. The van der Waals surface area contributed by atoms with E-state index in [1.807, 2.05) is 11.9 Å². The number of nitrogens with two attached hydrogens (primary N) is 1. The van der Waals surface area contributed by atoms with Gasteiger partial charge in [0.25, 0.3) is 0 Å². The van der Waals surface area contributed by atoms with Crippen LogP contribution >= 0.6 is 11.6 Å². The molecule has 0 saturated carbocycles. The van der Waals surface area contributed by atoms with Crippen LogP contribution in [-0.2, 0) is 4.79 Å². The van der Waals surface area contributed by atoms with Gasteiger partial charge in [-0.3, -0.25) is 9.69 Å². The van der Waals surface area contributed by atoms with Crippen LogP contribution in [0, 0.1) is 0 Å². The molecule has 17 heavy (non-hydrogen) atoms. The second-order valence-electron chi connectivity index (χ2n) is 4.02. The lowest BCUT2D eigenvalue weighted by Gasteiger charge is -2.15. The fraction of sp³-hybridized carbons (Fsp3) is 0.417. The normalized spacial score (nSPS) is 10.6. The van der Waals surface area contributed by atoms with Gasteiger partial charge in [0.15, 0.2) is 0 Å².